The number of halogens is 2. The first-order valence-corrected chi connectivity index (χ1v) is 6.37. The molecule has 0 fully saturated rings. The molecular formula is C9H9I2NO3. The SMILES string of the molecule is CC(C)Oc1cc(I)c(I)cc1[N+](=O)[O-]. The van der Waals surface area contributed by atoms with Gasteiger partial charge in [-0.05, 0) is 59.0 Å². The van der Waals surface area contributed by atoms with E-state index in [4.69, 9.17) is 4.74 Å². The highest BCUT2D eigenvalue weighted by atomic mass is 127. The summed E-state index contributed by atoms with van der Waals surface area (Å²) in [4.78, 5) is 10.4. The van der Waals surface area contributed by atoms with Gasteiger partial charge in [0.05, 0.1) is 11.0 Å². The number of ether oxygens (including phenoxy) is 1. The van der Waals surface area contributed by atoms with Crippen LogP contribution in [0.1, 0.15) is 13.8 Å². The van der Waals surface area contributed by atoms with E-state index in [1.165, 1.54) is 6.07 Å². The number of nitro benzene ring substituents is 1. The molecule has 4 nitrogen and oxygen atoms in total. The second-order valence-corrected chi connectivity index (χ2v) is 5.48. The molecule has 1 aromatic carbocycles. The minimum atomic E-state index is -0.421. The summed E-state index contributed by atoms with van der Waals surface area (Å²) in [6.07, 6.45) is -0.0699. The topological polar surface area (TPSA) is 52.4 Å². The summed E-state index contributed by atoms with van der Waals surface area (Å²) < 4.78 is 7.20. The van der Waals surface area contributed by atoms with Gasteiger partial charge >= 0.3 is 5.69 Å². The fourth-order valence-corrected chi connectivity index (χ4v) is 1.90. The normalized spacial score (nSPS) is 10.5. The Morgan fingerprint density at radius 1 is 1.33 bits per heavy atom. The van der Waals surface area contributed by atoms with Crippen molar-refractivity contribution >= 4 is 50.9 Å². The molecule has 82 valence electrons. The first-order valence-electron chi connectivity index (χ1n) is 4.22. The lowest BCUT2D eigenvalue weighted by Gasteiger charge is -2.10. The van der Waals surface area contributed by atoms with Gasteiger partial charge in [-0.3, -0.25) is 10.1 Å². The summed E-state index contributed by atoms with van der Waals surface area (Å²) in [5.74, 6) is 0.333. The smallest absolute Gasteiger partial charge is 0.312 e. The Bertz CT molecular complexity index is 393. The van der Waals surface area contributed by atoms with Gasteiger partial charge in [0.15, 0.2) is 5.75 Å². The number of hydrogen-bond donors (Lipinski definition) is 0. The molecule has 0 aliphatic carbocycles. The van der Waals surface area contributed by atoms with Crippen molar-refractivity contribution in [2.75, 3.05) is 0 Å². The highest BCUT2D eigenvalue weighted by molar-refractivity contribution is 14.1. The summed E-state index contributed by atoms with van der Waals surface area (Å²) in [5.41, 5.74) is 0.0218. The molecule has 0 bridgehead atoms. The van der Waals surface area contributed by atoms with Gasteiger partial charge in [-0.1, -0.05) is 0 Å². The Labute approximate surface area is 115 Å². The zero-order valence-corrected chi connectivity index (χ0v) is 12.5. The Morgan fingerprint density at radius 3 is 2.33 bits per heavy atom. The van der Waals surface area contributed by atoms with Gasteiger partial charge < -0.3 is 4.74 Å². The average molecular weight is 433 g/mol. The van der Waals surface area contributed by atoms with Crippen LogP contribution in [-0.2, 0) is 0 Å². The molecule has 0 amide bonds. The fourth-order valence-electron chi connectivity index (χ4n) is 1.01. The maximum absolute atomic E-state index is 10.8. The van der Waals surface area contributed by atoms with Crippen molar-refractivity contribution in [2.24, 2.45) is 0 Å². The van der Waals surface area contributed by atoms with E-state index in [0.29, 0.717) is 5.75 Å². The van der Waals surface area contributed by atoms with Crippen LogP contribution in [0.25, 0.3) is 0 Å². The number of nitrogens with zero attached hydrogens (tertiary/aromatic N) is 1. The van der Waals surface area contributed by atoms with E-state index in [1.54, 1.807) is 6.07 Å². The van der Waals surface area contributed by atoms with Crippen molar-refractivity contribution in [3.8, 4) is 5.75 Å². The molecule has 0 unspecified atom stereocenters. The number of hydrogen-bond acceptors (Lipinski definition) is 3. The number of benzene rings is 1. The van der Waals surface area contributed by atoms with Crippen LogP contribution >= 0.6 is 45.2 Å². The van der Waals surface area contributed by atoms with E-state index in [-0.39, 0.29) is 11.8 Å². The molecular weight excluding hydrogens is 424 g/mol. The second-order valence-electron chi connectivity index (χ2n) is 3.16. The van der Waals surface area contributed by atoms with Crippen LogP contribution in [0.5, 0.6) is 5.75 Å². The number of nitro groups is 1. The molecule has 0 N–H and O–H groups in total. The summed E-state index contributed by atoms with van der Waals surface area (Å²) in [6.45, 7) is 3.68. The van der Waals surface area contributed by atoms with E-state index >= 15 is 0 Å². The van der Waals surface area contributed by atoms with E-state index in [2.05, 4.69) is 45.2 Å². The molecule has 0 spiro atoms. The third kappa shape index (κ3) is 3.44. The lowest BCUT2D eigenvalue weighted by molar-refractivity contribution is -0.386. The van der Waals surface area contributed by atoms with Crippen molar-refractivity contribution < 1.29 is 9.66 Å². The highest BCUT2D eigenvalue weighted by Gasteiger charge is 2.18. The van der Waals surface area contributed by atoms with Crippen molar-refractivity contribution in [1.82, 2.24) is 0 Å². The van der Waals surface area contributed by atoms with Crippen LogP contribution in [0, 0.1) is 17.3 Å². The van der Waals surface area contributed by atoms with Crippen molar-refractivity contribution in [2.45, 2.75) is 20.0 Å². The Balaban J connectivity index is 3.22. The first kappa shape index (κ1) is 12.9. The first-order chi connectivity index (χ1) is 6.91. The molecule has 0 heterocycles. The quantitative estimate of drug-likeness (QED) is 0.416. The zero-order chi connectivity index (χ0) is 11.6. The summed E-state index contributed by atoms with van der Waals surface area (Å²) in [5, 5.41) is 10.8. The van der Waals surface area contributed by atoms with Gasteiger partial charge in [0.25, 0.3) is 0 Å². The molecule has 0 aliphatic heterocycles. The fraction of sp³-hybridized carbons (Fsp3) is 0.333. The standard InChI is InChI=1S/C9H9I2NO3/c1-5(2)15-9-4-7(11)6(10)3-8(9)12(13)14/h3-5H,1-2H3. The van der Waals surface area contributed by atoms with Gasteiger partial charge in [-0.2, -0.15) is 0 Å². The third-order valence-corrected chi connectivity index (χ3v) is 4.38. The lowest BCUT2D eigenvalue weighted by atomic mass is 10.3. The van der Waals surface area contributed by atoms with Crippen LogP contribution in [0.15, 0.2) is 12.1 Å². The summed E-state index contributed by atoms with van der Waals surface area (Å²) >= 11 is 4.19. The molecule has 0 aliphatic rings. The highest BCUT2D eigenvalue weighted by Crippen LogP contribution is 2.32. The van der Waals surface area contributed by atoms with Gasteiger partial charge in [-0.25, -0.2) is 0 Å². The predicted octanol–water partition coefficient (Wildman–Crippen LogP) is 3.59. The molecule has 0 saturated carbocycles. The predicted molar refractivity (Wildman–Crippen MR) is 74.3 cm³/mol. The second kappa shape index (κ2) is 5.28. The zero-order valence-electron chi connectivity index (χ0n) is 8.16. The Morgan fingerprint density at radius 2 is 1.87 bits per heavy atom. The van der Waals surface area contributed by atoms with E-state index in [0.717, 1.165) is 7.14 Å². The van der Waals surface area contributed by atoms with Crippen molar-refractivity contribution in [3.63, 3.8) is 0 Å². The van der Waals surface area contributed by atoms with Gasteiger partial charge in [0, 0.05) is 19.3 Å². The maximum atomic E-state index is 10.8. The van der Waals surface area contributed by atoms with Gasteiger partial charge in [0.1, 0.15) is 0 Å². The molecule has 0 saturated heterocycles. The Hall–Kier alpha value is -0.120. The van der Waals surface area contributed by atoms with E-state index in [1.807, 2.05) is 13.8 Å². The van der Waals surface area contributed by atoms with Crippen LogP contribution in [0.3, 0.4) is 0 Å². The minimum absolute atomic E-state index is 0.0218. The van der Waals surface area contributed by atoms with E-state index in [9.17, 15) is 10.1 Å². The van der Waals surface area contributed by atoms with Crippen LogP contribution in [0.4, 0.5) is 5.69 Å². The van der Waals surface area contributed by atoms with Crippen LogP contribution in [0.2, 0.25) is 0 Å². The number of rotatable bonds is 3. The molecule has 0 aromatic heterocycles. The van der Waals surface area contributed by atoms with Crippen LogP contribution in [-0.4, -0.2) is 11.0 Å². The average Bonchev–Trinajstić information content (AvgIpc) is 2.09. The molecule has 6 heteroatoms. The van der Waals surface area contributed by atoms with Gasteiger partial charge in [0.2, 0.25) is 0 Å². The van der Waals surface area contributed by atoms with E-state index < -0.39 is 4.92 Å². The maximum Gasteiger partial charge on any atom is 0.312 e. The molecule has 1 aromatic rings. The molecule has 0 atom stereocenters. The minimum Gasteiger partial charge on any atom is -0.484 e. The largest absolute Gasteiger partial charge is 0.484 e. The van der Waals surface area contributed by atoms with Crippen molar-refractivity contribution in [1.29, 1.82) is 0 Å². The summed E-state index contributed by atoms with van der Waals surface area (Å²) in [7, 11) is 0. The Kier molecular flexibility index (Phi) is 4.56. The molecule has 15 heavy (non-hydrogen) atoms. The summed E-state index contributed by atoms with van der Waals surface area (Å²) in [6, 6.07) is 3.22. The molecule has 0 radical (unpaired) electrons. The van der Waals surface area contributed by atoms with Crippen LogP contribution < -0.4 is 4.74 Å². The molecule has 1 rings (SSSR count). The lowest BCUT2D eigenvalue weighted by Crippen LogP contribution is -2.08. The third-order valence-electron chi connectivity index (χ3n) is 1.56. The van der Waals surface area contributed by atoms with Crippen molar-refractivity contribution in [3.05, 3.63) is 29.4 Å². The van der Waals surface area contributed by atoms with Gasteiger partial charge in [-0.15, -0.1) is 0 Å². The monoisotopic (exact) mass is 433 g/mol.